The first kappa shape index (κ1) is 16.0. The van der Waals surface area contributed by atoms with Gasteiger partial charge in [-0.25, -0.2) is 0 Å². The molecule has 20 heavy (non-hydrogen) atoms. The van der Waals surface area contributed by atoms with Crippen LogP contribution in [-0.2, 0) is 20.7 Å². The molecule has 0 spiro atoms. The Kier molecular flexibility index (Phi) is 6.03. The molecular weight excluding hydrogens is 256 g/mol. The molecule has 1 rings (SSSR count). The van der Waals surface area contributed by atoms with Crippen LogP contribution in [-0.4, -0.2) is 24.0 Å². The van der Waals surface area contributed by atoms with Crippen molar-refractivity contribution < 1.29 is 14.3 Å². The first-order valence-corrected chi connectivity index (χ1v) is 6.76. The average molecular weight is 278 g/mol. The van der Waals surface area contributed by atoms with Crippen molar-refractivity contribution in [2.24, 2.45) is 0 Å². The predicted molar refractivity (Wildman–Crippen MR) is 78.0 cm³/mol. The number of esters is 1. The third-order valence-corrected chi connectivity index (χ3v) is 3.01. The smallest absolute Gasteiger partial charge is 0.311 e. The fourth-order valence-electron chi connectivity index (χ4n) is 1.56. The van der Waals surface area contributed by atoms with Crippen LogP contribution in [0.2, 0.25) is 0 Å². The molecule has 1 aromatic rings. The largest absolute Gasteiger partial charge is 0.452 e. The van der Waals surface area contributed by atoms with E-state index in [2.05, 4.69) is 5.32 Å². The summed E-state index contributed by atoms with van der Waals surface area (Å²) in [5.41, 5.74) is 7.01. The standard InChI is InChI=1S/C15H22N2O3/c1-4-10(2)17-15(19)11(3)20-14(18)9-12-5-7-13(16)8-6-12/h5-8,10-11H,4,9,16H2,1-3H3,(H,17,19). The first-order chi connectivity index (χ1) is 9.42. The molecule has 0 aromatic heterocycles. The lowest BCUT2D eigenvalue weighted by molar-refractivity contribution is -0.154. The van der Waals surface area contributed by atoms with Crippen LogP contribution in [0, 0.1) is 0 Å². The Balaban J connectivity index is 2.45. The van der Waals surface area contributed by atoms with Gasteiger partial charge >= 0.3 is 5.97 Å². The molecule has 5 nitrogen and oxygen atoms in total. The maximum Gasteiger partial charge on any atom is 0.311 e. The van der Waals surface area contributed by atoms with E-state index in [1.54, 1.807) is 31.2 Å². The van der Waals surface area contributed by atoms with E-state index in [4.69, 9.17) is 10.5 Å². The molecular formula is C15H22N2O3. The fraction of sp³-hybridized carbons (Fsp3) is 0.467. The summed E-state index contributed by atoms with van der Waals surface area (Å²) < 4.78 is 5.11. The third kappa shape index (κ3) is 5.30. The van der Waals surface area contributed by atoms with Crippen LogP contribution in [0.5, 0.6) is 0 Å². The number of carbonyl (C=O) groups excluding carboxylic acids is 2. The van der Waals surface area contributed by atoms with Crippen molar-refractivity contribution in [2.75, 3.05) is 5.73 Å². The van der Waals surface area contributed by atoms with E-state index < -0.39 is 12.1 Å². The molecule has 2 atom stereocenters. The molecule has 0 saturated heterocycles. The zero-order chi connectivity index (χ0) is 15.1. The molecule has 0 aliphatic heterocycles. The highest BCUT2D eigenvalue weighted by molar-refractivity contribution is 5.84. The minimum Gasteiger partial charge on any atom is -0.452 e. The fourth-order valence-corrected chi connectivity index (χ4v) is 1.56. The summed E-state index contributed by atoms with van der Waals surface area (Å²) in [7, 11) is 0. The normalized spacial score (nSPS) is 13.3. The Morgan fingerprint density at radius 2 is 1.85 bits per heavy atom. The molecule has 0 heterocycles. The molecule has 110 valence electrons. The van der Waals surface area contributed by atoms with Gasteiger partial charge in [-0.3, -0.25) is 9.59 Å². The van der Waals surface area contributed by atoms with Crippen LogP contribution in [0.15, 0.2) is 24.3 Å². The molecule has 1 amide bonds. The number of nitrogens with two attached hydrogens (primary N) is 1. The van der Waals surface area contributed by atoms with Crippen LogP contribution < -0.4 is 11.1 Å². The molecule has 3 N–H and O–H groups in total. The van der Waals surface area contributed by atoms with Crippen molar-refractivity contribution >= 4 is 17.6 Å². The molecule has 1 aromatic carbocycles. The summed E-state index contributed by atoms with van der Waals surface area (Å²) in [6.07, 6.45) is 0.171. The Labute approximate surface area is 119 Å². The summed E-state index contributed by atoms with van der Waals surface area (Å²) in [6.45, 7) is 5.45. The lowest BCUT2D eigenvalue weighted by atomic mass is 10.1. The van der Waals surface area contributed by atoms with Crippen molar-refractivity contribution in [2.45, 2.75) is 45.8 Å². The summed E-state index contributed by atoms with van der Waals surface area (Å²) in [4.78, 5) is 23.5. The predicted octanol–water partition coefficient (Wildman–Crippen LogP) is 1.66. The van der Waals surface area contributed by atoms with Crippen molar-refractivity contribution in [3.63, 3.8) is 0 Å². The highest BCUT2D eigenvalue weighted by atomic mass is 16.5. The van der Waals surface area contributed by atoms with E-state index in [9.17, 15) is 9.59 Å². The van der Waals surface area contributed by atoms with Crippen molar-refractivity contribution in [3.05, 3.63) is 29.8 Å². The number of ether oxygens (including phenoxy) is 1. The van der Waals surface area contributed by atoms with Gasteiger partial charge in [0.2, 0.25) is 0 Å². The SMILES string of the molecule is CCC(C)NC(=O)C(C)OC(=O)Cc1ccc(N)cc1. The number of amides is 1. The zero-order valence-corrected chi connectivity index (χ0v) is 12.2. The first-order valence-electron chi connectivity index (χ1n) is 6.76. The van der Waals surface area contributed by atoms with E-state index in [1.165, 1.54) is 0 Å². The van der Waals surface area contributed by atoms with Gasteiger partial charge < -0.3 is 15.8 Å². The zero-order valence-electron chi connectivity index (χ0n) is 12.2. The van der Waals surface area contributed by atoms with Gasteiger partial charge in [0, 0.05) is 11.7 Å². The molecule has 0 bridgehead atoms. The molecule has 0 aliphatic rings. The molecule has 2 unspecified atom stereocenters. The van der Waals surface area contributed by atoms with Gasteiger partial charge in [-0.05, 0) is 38.0 Å². The van der Waals surface area contributed by atoms with Gasteiger partial charge in [0.1, 0.15) is 0 Å². The number of anilines is 1. The number of rotatable bonds is 6. The van der Waals surface area contributed by atoms with Crippen LogP contribution in [0.25, 0.3) is 0 Å². The maximum atomic E-state index is 11.7. The summed E-state index contributed by atoms with van der Waals surface area (Å²) >= 11 is 0. The minimum atomic E-state index is -0.787. The van der Waals surface area contributed by atoms with E-state index in [-0.39, 0.29) is 18.4 Å². The second-order valence-corrected chi connectivity index (χ2v) is 4.87. The summed E-state index contributed by atoms with van der Waals surface area (Å²) in [5, 5.41) is 2.77. The Bertz CT molecular complexity index is 457. The quantitative estimate of drug-likeness (QED) is 0.612. The number of carbonyl (C=O) groups is 2. The molecule has 0 saturated carbocycles. The number of benzene rings is 1. The van der Waals surface area contributed by atoms with Gasteiger partial charge in [0.25, 0.3) is 5.91 Å². The van der Waals surface area contributed by atoms with Crippen LogP contribution in [0.3, 0.4) is 0 Å². The molecule has 0 radical (unpaired) electrons. The maximum absolute atomic E-state index is 11.7. The van der Waals surface area contributed by atoms with Gasteiger partial charge in [0.05, 0.1) is 6.42 Å². The minimum absolute atomic E-state index is 0.0701. The summed E-state index contributed by atoms with van der Waals surface area (Å²) in [6, 6.07) is 7.05. The monoisotopic (exact) mass is 278 g/mol. The molecule has 0 fully saturated rings. The Hall–Kier alpha value is -2.04. The van der Waals surface area contributed by atoms with Gasteiger partial charge in [-0.15, -0.1) is 0 Å². The highest BCUT2D eigenvalue weighted by Gasteiger charge is 2.18. The number of hydrogen-bond acceptors (Lipinski definition) is 4. The lowest BCUT2D eigenvalue weighted by Crippen LogP contribution is -2.40. The van der Waals surface area contributed by atoms with E-state index >= 15 is 0 Å². The van der Waals surface area contributed by atoms with Gasteiger partial charge in [-0.2, -0.15) is 0 Å². The van der Waals surface area contributed by atoms with Crippen molar-refractivity contribution in [3.8, 4) is 0 Å². The van der Waals surface area contributed by atoms with Crippen LogP contribution >= 0.6 is 0 Å². The van der Waals surface area contributed by atoms with Gasteiger partial charge in [-0.1, -0.05) is 19.1 Å². The second kappa shape index (κ2) is 7.53. The number of nitrogen functional groups attached to an aromatic ring is 1. The number of nitrogens with one attached hydrogen (secondary N) is 1. The van der Waals surface area contributed by atoms with Crippen LogP contribution in [0.4, 0.5) is 5.69 Å². The van der Waals surface area contributed by atoms with E-state index in [0.717, 1.165) is 12.0 Å². The van der Waals surface area contributed by atoms with E-state index in [1.807, 2.05) is 13.8 Å². The topological polar surface area (TPSA) is 81.4 Å². The lowest BCUT2D eigenvalue weighted by Gasteiger charge is -2.16. The summed E-state index contributed by atoms with van der Waals surface area (Å²) in [5.74, 6) is -0.702. The molecule has 0 aliphatic carbocycles. The van der Waals surface area contributed by atoms with Gasteiger partial charge in [0.15, 0.2) is 6.10 Å². The number of hydrogen-bond donors (Lipinski definition) is 2. The van der Waals surface area contributed by atoms with Crippen LogP contribution in [0.1, 0.15) is 32.8 Å². The Morgan fingerprint density at radius 1 is 1.25 bits per heavy atom. The Morgan fingerprint density at radius 3 is 2.40 bits per heavy atom. The molecule has 5 heteroatoms. The van der Waals surface area contributed by atoms with Crippen molar-refractivity contribution in [1.82, 2.24) is 5.32 Å². The van der Waals surface area contributed by atoms with E-state index in [0.29, 0.717) is 5.69 Å². The highest BCUT2D eigenvalue weighted by Crippen LogP contribution is 2.07. The van der Waals surface area contributed by atoms with Crippen molar-refractivity contribution in [1.29, 1.82) is 0 Å². The third-order valence-electron chi connectivity index (χ3n) is 3.01. The average Bonchev–Trinajstić information content (AvgIpc) is 2.41. The second-order valence-electron chi connectivity index (χ2n) is 4.87.